The van der Waals surface area contributed by atoms with Gasteiger partial charge < -0.3 is 0 Å². The van der Waals surface area contributed by atoms with Crippen molar-refractivity contribution in [2.24, 2.45) is 0 Å². The van der Waals surface area contributed by atoms with Gasteiger partial charge in [0.2, 0.25) is 0 Å². The summed E-state index contributed by atoms with van der Waals surface area (Å²) in [6.45, 7) is 7.50. The Morgan fingerprint density at radius 1 is 1.44 bits per heavy atom. The fraction of sp³-hybridized carbons (Fsp3) is 0.500. The fourth-order valence-electron chi connectivity index (χ4n) is 2.25. The van der Waals surface area contributed by atoms with E-state index in [-0.39, 0.29) is 5.92 Å². The monoisotopic (exact) mass is 214 g/mol. The van der Waals surface area contributed by atoms with Crippen molar-refractivity contribution in [3.63, 3.8) is 0 Å². The molecule has 0 aliphatic carbocycles. The van der Waals surface area contributed by atoms with E-state index >= 15 is 0 Å². The molecule has 0 aromatic heterocycles. The smallest absolute Gasteiger partial charge is 0.0700 e. The van der Waals surface area contributed by atoms with Gasteiger partial charge in [0.25, 0.3) is 0 Å². The molecule has 1 heterocycles. The highest BCUT2D eigenvalue weighted by molar-refractivity contribution is 5.36. The van der Waals surface area contributed by atoms with Crippen molar-refractivity contribution in [2.75, 3.05) is 13.1 Å². The predicted octanol–water partition coefficient (Wildman–Crippen LogP) is 2.69. The van der Waals surface area contributed by atoms with Gasteiger partial charge in [0.15, 0.2) is 0 Å². The molecule has 0 fully saturated rings. The Morgan fingerprint density at radius 3 is 2.94 bits per heavy atom. The van der Waals surface area contributed by atoms with Crippen LogP contribution in [-0.4, -0.2) is 18.0 Å². The third-order valence-corrected chi connectivity index (χ3v) is 3.46. The van der Waals surface area contributed by atoms with Crippen LogP contribution in [0.3, 0.4) is 0 Å². The molecule has 0 amide bonds. The van der Waals surface area contributed by atoms with Gasteiger partial charge >= 0.3 is 0 Å². The Balaban J connectivity index is 2.25. The summed E-state index contributed by atoms with van der Waals surface area (Å²) in [4.78, 5) is 2.45. The highest BCUT2D eigenvalue weighted by Gasteiger charge is 2.16. The van der Waals surface area contributed by atoms with Crippen molar-refractivity contribution >= 4 is 0 Å². The van der Waals surface area contributed by atoms with Crippen LogP contribution in [0.4, 0.5) is 0 Å². The zero-order chi connectivity index (χ0) is 11.5. The molecule has 0 radical (unpaired) electrons. The summed E-state index contributed by atoms with van der Waals surface area (Å²) in [6, 6.07) is 8.81. The van der Waals surface area contributed by atoms with Gasteiger partial charge in [-0.1, -0.05) is 25.1 Å². The number of nitriles is 1. The van der Waals surface area contributed by atoms with Crippen LogP contribution in [-0.2, 0) is 13.0 Å². The van der Waals surface area contributed by atoms with E-state index in [9.17, 15) is 0 Å². The molecule has 1 unspecified atom stereocenters. The highest BCUT2D eigenvalue weighted by atomic mass is 15.1. The largest absolute Gasteiger partial charge is 0.299 e. The van der Waals surface area contributed by atoms with E-state index in [2.05, 4.69) is 36.1 Å². The lowest BCUT2D eigenvalue weighted by Crippen LogP contribution is -2.30. The molecular weight excluding hydrogens is 196 g/mol. The Labute approximate surface area is 97.5 Å². The third kappa shape index (κ3) is 2.10. The number of nitrogens with zero attached hydrogens (tertiary/aromatic N) is 2. The first kappa shape index (κ1) is 11.2. The van der Waals surface area contributed by atoms with Crippen molar-refractivity contribution in [1.29, 1.82) is 5.26 Å². The molecule has 84 valence electrons. The van der Waals surface area contributed by atoms with Gasteiger partial charge in [-0.25, -0.2) is 0 Å². The molecule has 1 aromatic carbocycles. The molecule has 2 nitrogen and oxygen atoms in total. The van der Waals surface area contributed by atoms with Crippen LogP contribution < -0.4 is 0 Å². The van der Waals surface area contributed by atoms with Crippen LogP contribution in [0.5, 0.6) is 0 Å². The standard InChI is InChI=1S/C14H18N2/c1-3-16-7-6-13-8-12(11(2)9-15)4-5-14(13)10-16/h4-5,8,11H,3,6-7,10H2,1-2H3. The molecule has 1 aliphatic heterocycles. The highest BCUT2D eigenvalue weighted by Crippen LogP contribution is 2.23. The fourth-order valence-corrected chi connectivity index (χ4v) is 2.25. The lowest BCUT2D eigenvalue weighted by Gasteiger charge is -2.28. The van der Waals surface area contributed by atoms with E-state index in [4.69, 9.17) is 5.26 Å². The third-order valence-electron chi connectivity index (χ3n) is 3.46. The summed E-state index contributed by atoms with van der Waals surface area (Å²) in [5.41, 5.74) is 4.03. The van der Waals surface area contributed by atoms with Gasteiger partial charge in [0.05, 0.1) is 12.0 Å². The SMILES string of the molecule is CCN1CCc2cc(C(C)C#N)ccc2C1. The van der Waals surface area contributed by atoms with Gasteiger partial charge in [-0.3, -0.25) is 4.90 Å². The number of hydrogen-bond donors (Lipinski definition) is 0. The van der Waals surface area contributed by atoms with Gasteiger partial charge in [-0.15, -0.1) is 0 Å². The van der Waals surface area contributed by atoms with Crippen molar-refractivity contribution in [3.05, 3.63) is 34.9 Å². The van der Waals surface area contributed by atoms with Gasteiger partial charge in [-0.05, 0) is 36.6 Å². The molecule has 16 heavy (non-hydrogen) atoms. The van der Waals surface area contributed by atoms with Crippen LogP contribution in [0.1, 0.15) is 36.5 Å². The molecule has 1 atom stereocenters. The first-order valence-electron chi connectivity index (χ1n) is 5.98. The summed E-state index contributed by atoms with van der Waals surface area (Å²) in [5.74, 6) is 0.00880. The summed E-state index contributed by atoms with van der Waals surface area (Å²) in [5, 5.41) is 8.91. The second-order valence-electron chi connectivity index (χ2n) is 4.50. The molecule has 1 aliphatic rings. The van der Waals surface area contributed by atoms with Crippen LogP contribution in [0.2, 0.25) is 0 Å². The van der Waals surface area contributed by atoms with E-state index in [1.807, 2.05) is 6.92 Å². The molecular formula is C14H18N2. The number of likely N-dealkylation sites (N-methyl/N-ethyl adjacent to an activating group) is 1. The second-order valence-corrected chi connectivity index (χ2v) is 4.50. The zero-order valence-corrected chi connectivity index (χ0v) is 10.0. The lowest BCUT2D eigenvalue weighted by molar-refractivity contribution is 0.268. The van der Waals surface area contributed by atoms with Gasteiger partial charge in [0, 0.05) is 13.1 Å². The minimum atomic E-state index is 0.00880. The minimum absolute atomic E-state index is 0.00880. The topological polar surface area (TPSA) is 27.0 Å². The second kappa shape index (κ2) is 4.67. The molecule has 0 spiro atoms. The predicted molar refractivity (Wildman–Crippen MR) is 65.1 cm³/mol. The molecule has 1 aromatic rings. The van der Waals surface area contributed by atoms with E-state index in [0.29, 0.717) is 0 Å². The van der Waals surface area contributed by atoms with E-state index in [1.165, 1.54) is 11.1 Å². The van der Waals surface area contributed by atoms with Crippen LogP contribution in [0, 0.1) is 11.3 Å². The lowest BCUT2D eigenvalue weighted by atomic mass is 9.93. The van der Waals surface area contributed by atoms with Crippen molar-refractivity contribution in [2.45, 2.75) is 32.7 Å². The maximum Gasteiger partial charge on any atom is 0.0700 e. The number of fused-ring (bicyclic) bond motifs is 1. The Bertz CT molecular complexity index is 417. The maximum atomic E-state index is 8.91. The average molecular weight is 214 g/mol. The van der Waals surface area contributed by atoms with Gasteiger partial charge in [-0.2, -0.15) is 5.26 Å². The number of hydrogen-bond acceptors (Lipinski definition) is 2. The van der Waals surface area contributed by atoms with Crippen molar-refractivity contribution < 1.29 is 0 Å². The van der Waals surface area contributed by atoms with Crippen LogP contribution in [0.25, 0.3) is 0 Å². The quantitative estimate of drug-likeness (QED) is 0.757. The molecule has 2 rings (SSSR count). The number of benzene rings is 1. The van der Waals surface area contributed by atoms with Crippen LogP contribution in [0.15, 0.2) is 18.2 Å². The van der Waals surface area contributed by atoms with Crippen molar-refractivity contribution in [1.82, 2.24) is 4.90 Å². The minimum Gasteiger partial charge on any atom is -0.299 e. The average Bonchev–Trinajstić information content (AvgIpc) is 2.36. The Hall–Kier alpha value is -1.33. The van der Waals surface area contributed by atoms with Crippen molar-refractivity contribution in [3.8, 4) is 6.07 Å². The molecule has 0 N–H and O–H groups in total. The summed E-state index contributed by atoms with van der Waals surface area (Å²) >= 11 is 0. The van der Waals surface area contributed by atoms with E-state index < -0.39 is 0 Å². The molecule has 2 heteroatoms. The first-order chi connectivity index (χ1) is 7.74. The molecule has 0 saturated carbocycles. The zero-order valence-electron chi connectivity index (χ0n) is 10.0. The Morgan fingerprint density at radius 2 is 2.25 bits per heavy atom. The maximum absolute atomic E-state index is 8.91. The Kier molecular flexibility index (Phi) is 3.26. The summed E-state index contributed by atoms with van der Waals surface area (Å²) in [7, 11) is 0. The number of rotatable bonds is 2. The van der Waals surface area contributed by atoms with Gasteiger partial charge in [0.1, 0.15) is 0 Å². The van der Waals surface area contributed by atoms with Crippen LogP contribution >= 0.6 is 0 Å². The van der Waals surface area contributed by atoms with E-state index in [1.54, 1.807) is 0 Å². The summed E-state index contributed by atoms with van der Waals surface area (Å²) < 4.78 is 0. The molecule has 0 bridgehead atoms. The van der Waals surface area contributed by atoms with E-state index in [0.717, 1.165) is 31.6 Å². The normalized spacial score (nSPS) is 17.6. The summed E-state index contributed by atoms with van der Waals surface area (Å²) in [6.07, 6.45) is 1.12. The first-order valence-corrected chi connectivity index (χ1v) is 5.98. The molecule has 0 saturated heterocycles.